The van der Waals surface area contributed by atoms with E-state index in [2.05, 4.69) is 4.98 Å². The van der Waals surface area contributed by atoms with Crippen molar-refractivity contribution in [3.63, 3.8) is 0 Å². The topological polar surface area (TPSA) is 82.6 Å². The van der Waals surface area contributed by atoms with Crippen molar-refractivity contribution in [2.45, 2.75) is 13.0 Å². The first-order chi connectivity index (χ1) is 8.45. The Morgan fingerprint density at radius 3 is 2.72 bits per heavy atom. The van der Waals surface area contributed by atoms with Crippen LogP contribution in [0.2, 0.25) is 0 Å². The van der Waals surface area contributed by atoms with Crippen LogP contribution in [0.4, 0.5) is 0 Å². The molecule has 1 aromatic rings. The Labute approximate surface area is 106 Å². The van der Waals surface area contributed by atoms with Gasteiger partial charge in [-0.2, -0.15) is 0 Å². The summed E-state index contributed by atoms with van der Waals surface area (Å²) in [6.45, 7) is 1.77. The summed E-state index contributed by atoms with van der Waals surface area (Å²) >= 11 is 0. The van der Waals surface area contributed by atoms with E-state index in [1.165, 1.54) is 31.2 Å². The molecule has 6 nitrogen and oxygen atoms in total. The van der Waals surface area contributed by atoms with Crippen molar-refractivity contribution in [2.24, 2.45) is 0 Å². The monoisotopic (exact) mass is 254 g/mol. The average molecular weight is 254 g/mol. The van der Waals surface area contributed by atoms with E-state index < -0.39 is 6.10 Å². The highest BCUT2D eigenvalue weighted by Gasteiger charge is 2.17. The number of rotatable bonds is 6. The van der Waals surface area contributed by atoms with Crippen LogP contribution in [0.5, 0.6) is 0 Å². The van der Waals surface area contributed by atoms with Gasteiger partial charge in [-0.1, -0.05) is 0 Å². The first kappa shape index (κ1) is 14.4. The molecule has 0 saturated heterocycles. The smallest absolute Gasteiger partial charge is 0.270 e. The predicted molar refractivity (Wildman–Crippen MR) is 65.6 cm³/mol. The van der Waals surface area contributed by atoms with E-state index >= 15 is 0 Å². The molecule has 0 radical (unpaired) electrons. The maximum Gasteiger partial charge on any atom is 0.270 e. The number of Topliss-reactive ketones (excluding diaryl/α,β-unsaturated/α-hetero) is 1. The molecule has 0 spiro atoms. The molecular weight excluding hydrogens is 236 g/mol. The van der Waals surface area contributed by atoms with Crippen LogP contribution in [0.1, 0.15) is 27.8 Å². The number of likely N-dealkylation sites (N-methyl/N-ethyl adjacent to an activating group) is 1. The number of ether oxygens (including phenoxy) is 1. The van der Waals surface area contributed by atoms with Crippen LogP contribution in [0.25, 0.3) is 0 Å². The van der Waals surface area contributed by atoms with Crippen LogP contribution >= 0.6 is 0 Å². The quantitative estimate of drug-likeness (QED) is 0.715. The minimum Gasteiger partial charge on any atom is -0.389 e. The third kappa shape index (κ3) is 3.68. The molecule has 1 atom stereocenters. The average Bonchev–Trinajstić information content (AvgIpc) is 2.77. The van der Waals surface area contributed by atoms with Crippen molar-refractivity contribution >= 4 is 11.7 Å². The Balaban J connectivity index is 2.65. The Morgan fingerprint density at radius 2 is 2.22 bits per heavy atom. The molecule has 0 aliphatic rings. The van der Waals surface area contributed by atoms with Crippen LogP contribution < -0.4 is 0 Å². The van der Waals surface area contributed by atoms with E-state index in [9.17, 15) is 14.7 Å². The Kier molecular flexibility index (Phi) is 5.06. The lowest BCUT2D eigenvalue weighted by molar-refractivity contribution is 0.0378. The lowest BCUT2D eigenvalue weighted by Crippen LogP contribution is -2.36. The third-order valence-electron chi connectivity index (χ3n) is 2.51. The van der Waals surface area contributed by atoms with E-state index in [4.69, 9.17) is 4.74 Å². The number of aliphatic hydroxyl groups excluding tert-OH is 1. The van der Waals surface area contributed by atoms with Crippen molar-refractivity contribution in [1.29, 1.82) is 0 Å². The molecule has 1 heterocycles. The number of aromatic amines is 1. The van der Waals surface area contributed by atoms with Crippen molar-refractivity contribution in [1.82, 2.24) is 9.88 Å². The van der Waals surface area contributed by atoms with Gasteiger partial charge in [-0.15, -0.1) is 0 Å². The number of amides is 1. The molecule has 18 heavy (non-hydrogen) atoms. The van der Waals surface area contributed by atoms with E-state index in [-0.39, 0.29) is 24.8 Å². The van der Waals surface area contributed by atoms with Gasteiger partial charge in [0.05, 0.1) is 12.7 Å². The minimum absolute atomic E-state index is 0.104. The summed E-state index contributed by atoms with van der Waals surface area (Å²) < 4.78 is 4.79. The molecule has 1 aromatic heterocycles. The standard InChI is InChI=1S/C12H18N2O4/c1-8(15)9-4-11(13-5-9)12(17)14(2)6-10(16)7-18-3/h4-5,10,13,16H,6-7H2,1-3H3. The van der Waals surface area contributed by atoms with E-state index in [1.807, 2.05) is 0 Å². The summed E-state index contributed by atoms with van der Waals surface area (Å²) in [6.07, 6.45) is 0.765. The lowest BCUT2D eigenvalue weighted by Gasteiger charge is -2.19. The lowest BCUT2D eigenvalue weighted by atomic mass is 10.2. The Morgan fingerprint density at radius 1 is 1.56 bits per heavy atom. The third-order valence-corrected chi connectivity index (χ3v) is 2.51. The maximum absolute atomic E-state index is 12.0. The number of nitrogens with zero attached hydrogens (tertiary/aromatic N) is 1. The van der Waals surface area contributed by atoms with Gasteiger partial charge in [0.25, 0.3) is 5.91 Å². The molecule has 0 aromatic carbocycles. The van der Waals surface area contributed by atoms with Crippen molar-refractivity contribution < 1.29 is 19.4 Å². The second-order valence-electron chi connectivity index (χ2n) is 4.15. The normalized spacial score (nSPS) is 12.2. The summed E-state index contributed by atoms with van der Waals surface area (Å²) in [5.41, 5.74) is 0.788. The molecule has 100 valence electrons. The first-order valence-electron chi connectivity index (χ1n) is 5.57. The summed E-state index contributed by atoms with van der Waals surface area (Å²) in [5, 5.41) is 9.53. The minimum atomic E-state index is -0.730. The molecule has 1 rings (SSSR count). The van der Waals surface area contributed by atoms with Gasteiger partial charge in [0.2, 0.25) is 0 Å². The van der Waals surface area contributed by atoms with Gasteiger partial charge in [0, 0.05) is 32.5 Å². The molecule has 0 aliphatic carbocycles. The summed E-state index contributed by atoms with van der Waals surface area (Å²) in [4.78, 5) is 27.2. The molecule has 0 saturated carbocycles. The second kappa shape index (κ2) is 6.32. The predicted octanol–water partition coefficient (Wildman–Crippen LogP) is 0.297. The fourth-order valence-corrected chi connectivity index (χ4v) is 1.57. The number of hydrogen-bond acceptors (Lipinski definition) is 4. The first-order valence-corrected chi connectivity index (χ1v) is 5.57. The Bertz CT molecular complexity index is 427. The zero-order valence-electron chi connectivity index (χ0n) is 10.8. The van der Waals surface area contributed by atoms with Gasteiger partial charge in [0.1, 0.15) is 5.69 Å². The molecule has 1 unspecified atom stereocenters. The fraction of sp³-hybridized carbons (Fsp3) is 0.500. The van der Waals surface area contributed by atoms with Gasteiger partial charge in [-0.05, 0) is 13.0 Å². The molecular formula is C12H18N2O4. The molecule has 0 bridgehead atoms. The zero-order valence-corrected chi connectivity index (χ0v) is 10.8. The highest BCUT2D eigenvalue weighted by atomic mass is 16.5. The van der Waals surface area contributed by atoms with Crippen LogP contribution in [0.3, 0.4) is 0 Å². The largest absolute Gasteiger partial charge is 0.389 e. The van der Waals surface area contributed by atoms with Crippen molar-refractivity contribution in [3.8, 4) is 0 Å². The van der Waals surface area contributed by atoms with Crippen LogP contribution in [0.15, 0.2) is 12.3 Å². The summed E-state index contributed by atoms with van der Waals surface area (Å²) in [5.74, 6) is -0.384. The second-order valence-corrected chi connectivity index (χ2v) is 4.15. The van der Waals surface area contributed by atoms with Crippen molar-refractivity contribution in [3.05, 3.63) is 23.5 Å². The van der Waals surface area contributed by atoms with Crippen LogP contribution in [-0.4, -0.2) is 60.1 Å². The molecule has 0 aliphatic heterocycles. The maximum atomic E-state index is 12.0. The van der Waals surface area contributed by atoms with Gasteiger partial charge in [-0.3, -0.25) is 9.59 Å². The number of ketones is 1. The summed E-state index contributed by atoms with van der Waals surface area (Å²) in [7, 11) is 3.06. The number of H-pyrrole nitrogens is 1. The van der Waals surface area contributed by atoms with Gasteiger partial charge >= 0.3 is 0 Å². The fourth-order valence-electron chi connectivity index (χ4n) is 1.57. The van der Waals surface area contributed by atoms with Gasteiger partial charge in [0.15, 0.2) is 5.78 Å². The SMILES string of the molecule is COCC(O)CN(C)C(=O)c1cc(C(C)=O)c[nH]1. The number of aliphatic hydroxyl groups is 1. The number of hydrogen-bond donors (Lipinski definition) is 2. The van der Waals surface area contributed by atoms with Crippen LogP contribution in [-0.2, 0) is 4.74 Å². The highest BCUT2D eigenvalue weighted by Crippen LogP contribution is 2.07. The van der Waals surface area contributed by atoms with Crippen molar-refractivity contribution in [2.75, 3.05) is 27.3 Å². The van der Waals surface area contributed by atoms with E-state index in [0.717, 1.165) is 0 Å². The molecule has 0 fully saturated rings. The van der Waals surface area contributed by atoms with E-state index in [1.54, 1.807) is 7.05 Å². The molecule has 6 heteroatoms. The number of aromatic nitrogens is 1. The highest BCUT2D eigenvalue weighted by molar-refractivity contribution is 5.98. The molecule has 2 N–H and O–H groups in total. The van der Waals surface area contributed by atoms with Gasteiger partial charge < -0.3 is 19.7 Å². The van der Waals surface area contributed by atoms with E-state index in [0.29, 0.717) is 11.3 Å². The summed E-state index contributed by atoms with van der Waals surface area (Å²) in [6, 6.07) is 1.50. The number of carbonyl (C=O) groups excluding carboxylic acids is 2. The number of nitrogens with one attached hydrogen (secondary N) is 1. The van der Waals surface area contributed by atoms with Gasteiger partial charge in [-0.25, -0.2) is 0 Å². The number of methoxy groups -OCH3 is 1. The molecule has 1 amide bonds. The Hall–Kier alpha value is -1.66. The number of carbonyl (C=O) groups is 2. The zero-order chi connectivity index (χ0) is 13.7. The van der Waals surface area contributed by atoms with Crippen LogP contribution in [0, 0.1) is 0 Å².